The number of hydrogen-bond donors (Lipinski definition) is 1. The van der Waals surface area contributed by atoms with Gasteiger partial charge in [0.1, 0.15) is 11.3 Å². The number of pyridine rings is 1. The first-order valence-electron chi connectivity index (χ1n) is 4.64. The number of imidazole rings is 1. The number of carboxylic acid groups (broad SMARTS) is 1. The van der Waals surface area contributed by atoms with Crippen LogP contribution in [0.3, 0.4) is 0 Å². The van der Waals surface area contributed by atoms with Crippen LogP contribution in [0.5, 0.6) is 0 Å². The van der Waals surface area contributed by atoms with E-state index < -0.39 is 5.97 Å². The predicted octanol–water partition coefficient (Wildman–Crippen LogP) is 1.67. The lowest BCUT2D eigenvalue weighted by Gasteiger charge is -1.96. The molecule has 0 saturated heterocycles. The van der Waals surface area contributed by atoms with Crippen LogP contribution in [0.15, 0.2) is 23.5 Å². The zero-order valence-corrected chi connectivity index (χ0v) is 8.54. The van der Waals surface area contributed by atoms with Gasteiger partial charge in [-0.1, -0.05) is 6.07 Å². The van der Waals surface area contributed by atoms with Gasteiger partial charge in [0.05, 0.1) is 6.42 Å². The second-order valence-corrected chi connectivity index (χ2v) is 3.48. The molecule has 16 heavy (non-hydrogen) atoms. The van der Waals surface area contributed by atoms with E-state index in [1.165, 1.54) is 4.40 Å². The third-order valence-electron chi connectivity index (χ3n) is 2.22. The van der Waals surface area contributed by atoms with Gasteiger partial charge < -0.3 is 5.11 Å². The van der Waals surface area contributed by atoms with E-state index in [0.717, 1.165) is 5.56 Å². The summed E-state index contributed by atoms with van der Waals surface area (Å²) in [6, 6.07) is 3.55. The molecule has 0 radical (unpaired) electrons. The summed E-state index contributed by atoms with van der Waals surface area (Å²) in [5.74, 6) is -0.980. The zero-order chi connectivity index (χ0) is 11.7. The first kappa shape index (κ1) is 10.3. The number of hydrogen-bond acceptors (Lipinski definition) is 4. The summed E-state index contributed by atoms with van der Waals surface area (Å²) in [7, 11) is 0. The second-order valence-electron chi connectivity index (χ2n) is 3.48. The van der Waals surface area contributed by atoms with E-state index >= 15 is 0 Å². The van der Waals surface area contributed by atoms with Crippen LogP contribution in [0, 0.1) is 11.8 Å². The lowest BCUT2D eigenvalue weighted by Crippen LogP contribution is -2.00. The first-order chi connectivity index (χ1) is 7.61. The number of aromatic nitrogens is 2. The van der Waals surface area contributed by atoms with E-state index in [4.69, 9.17) is 5.11 Å². The monoisotopic (exact) mass is 219 g/mol. The minimum Gasteiger partial charge on any atom is -0.481 e. The number of carboxylic acids is 1. The lowest BCUT2D eigenvalue weighted by atomic mass is 10.3. The van der Waals surface area contributed by atoms with Crippen LogP contribution in [0.1, 0.15) is 11.3 Å². The highest BCUT2D eigenvalue weighted by Gasteiger charge is 2.15. The van der Waals surface area contributed by atoms with Crippen LogP contribution in [0.25, 0.3) is 5.65 Å². The van der Waals surface area contributed by atoms with Gasteiger partial charge in [-0.15, -0.1) is 4.91 Å². The molecule has 6 heteroatoms. The van der Waals surface area contributed by atoms with Crippen molar-refractivity contribution in [2.24, 2.45) is 5.18 Å². The Morgan fingerprint density at radius 3 is 2.94 bits per heavy atom. The van der Waals surface area contributed by atoms with Crippen molar-refractivity contribution in [1.29, 1.82) is 0 Å². The van der Waals surface area contributed by atoms with Gasteiger partial charge in [-0.05, 0) is 23.7 Å². The summed E-state index contributed by atoms with van der Waals surface area (Å²) in [4.78, 5) is 25.3. The number of nitrogens with zero attached hydrogens (tertiary/aromatic N) is 3. The van der Waals surface area contributed by atoms with Gasteiger partial charge in [-0.3, -0.25) is 9.20 Å². The Balaban J connectivity index is 2.66. The summed E-state index contributed by atoms with van der Waals surface area (Å²) in [6.07, 6.45) is 1.40. The van der Waals surface area contributed by atoms with E-state index in [-0.39, 0.29) is 17.9 Å². The lowest BCUT2D eigenvalue weighted by molar-refractivity contribution is -0.136. The van der Waals surface area contributed by atoms with Crippen molar-refractivity contribution in [3.63, 3.8) is 0 Å². The van der Waals surface area contributed by atoms with Crippen LogP contribution in [-0.4, -0.2) is 20.5 Å². The Hall–Kier alpha value is -2.24. The zero-order valence-electron chi connectivity index (χ0n) is 8.54. The normalized spacial score (nSPS) is 10.6. The fourth-order valence-corrected chi connectivity index (χ4v) is 1.55. The maximum atomic E-state index is 10.7. The molecule has 0 aliphatic carbocycles. The molecule has 2 aromatic rings. The molecule has 0 aromatic carbocycles. The van der Waals surface area contributed by atoms with Gasteiger partial charge in [-0.2, -0.15) is 0 Å². The largest absolute Gasteiger partial charge is 0.481 e. The van der Waals surface area contributed by atoms with Crippen molar-refractivity contribution < 1.29 is 9.90 Å². The van der Waals surface area contributed by atoms with Crippen molar-refractivity contribution in [3.8, 4) is 0 Å². The summed E-state index contributed by atoms with van der Waals surface area (Å²) in [5, 5.41) is 11.5. The number of fused-ring (bicyclic) bond motifs is 1. The van der Waals surface area contributed by atoms with Crippen molar-refractivity contribution in [3.05, 3.63) is 34.5 Å². The Labute approximate surface area is 90.5 Å². The fraction of sp³-hybridized carbons (Fsp3) is 0.200. The molecule has 0 saturated carbocycles. The molecule has 0 spiro atoms. The number of aryl methyl sites for hydroxylation is 1. The summed E-state index contributed by atoms with van der Waals surface area (Å²) in [6.45, 7) is 1.87. The molecule has 1 N–H and O–H groups in total. The maximum Gasteiger partial charge on any atom is 0.309 e. The van der Waals surface area contributed by atoms with E-state index in [0.29, 0.717) is 5.65 Å². The third kappa shape index (κ3) is 1.65. The number of rotatable bonds is 3. The van der Waals surface area contributed by atoms with Crippen molar-refractivity contribution in [1.82, 2.24) is 9.38 Å². The Bertz CT molecular complexity index is 574. The molecular weight excluding hydrogens is 210 g/mol. The van der Waals surface area contributed by atoms with Gasteiger partial charge >= 0.3 is 5.97 Å². The number of carbonyl (C=O) groups is 1. The average Bonchev–Trinajstić information content (AvgIpc) is 2.53. The van der Waals surface area contributed by atoms with Crippen LogP contribution in [0.4, 0.5) is 5.82 Å². The molecule has 0 aliphatic heterocycles. The fourth-order valence-electron chi connectivity index (χ4n) is 1.55. The second kappa shape index (κ2) is 3.73. The standard InChI is InChI=1S/C10H9N3O3/c1-6-2-3-8-11-7(4-9(14)15)10(12-16)13(8)5-6/h2-3,5H,4H2,1H3,(H,14,15). The molecule has 2 rings (SSSR count). The highest BCUT2D eigenvalue weighted by atomic mass is 16.4. The Kier molecular flexibility index (Phi) is 2.40. The highest BCUT2D eigenvalue weighted by Crippen LogP contribution is 2.22. The predicted molar refractivity (Wildman–Crippen MR) is 56.7 cm³/mol. The van der Waals surface area contributed by atoms with Gasteiger partial charge in [0.15, 0.2) is 0 Å². The first-order valence-corrected chi connectivity index (χ1v) is 4.64. The van der Waals surface area contributed by atoms with Crippen LogP contribution in [-0.2, 0) is 11.2 Å². The molecule has 2 heterocycles. The SMILES string of the molecule is Cc1ccc2nc(CC(=O)O)c(N=O)n2c1. The molecule has 0 fully saturated rings. The van der Waals surface area contributed by atoms with Gasteiger partial charge in [-0.25, -0.2) is 4.98 Å². The van der Waals surface area contributed by atoms with Gasteiger partial charge in [0.25, 0.3) is 0 Å². The molecule has 0 atom stereocenters. The number of aliphatic carboxylic acids is 1. The minimum absolute atomic E-state index is 0.0566. The van der Waals surface area contributed by atoms with Crippen molar-refractivity contribution in [2.45, 2.75) is 13.3 Å². The summed E-state index contributed by atoms with van der Waals surface area (Å²) < 4.78 is 1.50. The van der Waals surface area contributed by atoms with Crippen LogP contribution >= 0.6 is 0 Å². The van der Waals surface area contributed by atoms with E-state index in [1.807, 2.05) is 13.0 Å². The molecule has 6 nitrogen and oxygen atoms in total. The Morgan fingerprint density at radius 1 is 1.56 bits per heavy atom. The molecule has 0 amide bonds. The van der Waals surface area contributed by atoms with Crippen LogP contribution in [0.2, 0.25) is 0 Å². The van der Waals surface area contributed by atoms with Gasteiger partial charge in [0, 0.05) is 6.20 Å². The van der Waals surface area contributed by atoms with E-state index in [9.17, 15) is 9.70 Å². The Morgan fingerprint density at radius 2 is 2.31 bits per heavy atom. The topological polar surface area (TPSA) is 84.0 Å². The molecule has 2 aromatic heterocycles. The van der Waals surface area contributed by atoms with Crippen molar-refractivity contribution >= 4 is 17.4 Å². The molecular formula is C10H9N3O3. The third-order valence-corrected chi connectivity index (χ3v) is 2.22. The van der Waals surface area contributed by atoms with E-state index in [1.54, 1.807) is 12.3 Å². The van der Waals surface area contributed by atoms with Crippen molar-refractivity contribution in [2.75, 3.05) is 0 Å². The van der Waals surface area contributed by atoms with Crippen LogP contribution < -0.4 is 0 Å². The average molecular weight is 219 g/mol. The molecule has 82 valence electrons. The number of nitroso groups, excluding NO2 is 1. The molecule has 0 bridgehead atoms. The van der Waals surface area contributed by atoms with Gasteiger partial charge in [0.2, 0.25) is 5.82 Å². The van der Waals surface area contributed by atoms with E-state index in [2.05, 4.69) is 10.2 Å². The molecule has 0 aliphatic rings. The smallest absolute Gasteiger partial charge is 0.309 e. The summed E-state index contributed by atoms with van der Waals surface area (Å²) in [5.41, 5.74) is 1.65. The highest BCUT2D eigenvalue weighted by molar-refractivity contribution is 5.72. The summed E-state index contributed by atoms with van der Waals surface area (Å²) >= 11 is 0. The maximum absolute atomic E-state index is 10.7. The molecule has 0 unspecified atom stereocenters. The quantitative estimate of drug-likeness (QED) is 0.795. The minimum atomic E-state index is -1.04.